The van der Waals surface area contributed by atoms with E-state index in [0.29, 0.717) is 0 Å². The molecule has 1 unspecified atom stereocenters. The summed E-state index contributed by atoms with van der Waals surface area (Å²) in [6, 6.07) is 3.76. The summed E-state index contributed by atoms with van der Waals surface area (Å²) in [6.45, 7) is 4.16. The summed E-state index contributed by atoms with van der Waals surface area (Å²) in [7, 11) is 1.39. The van der Waals surface area contributed by atoms with Gasteiger partial charge in [-0.3, -0.25) is 9.78 Å². The Morgan fingerprint density at radius 1 is 1.59 bits per heavy atom. The Morgan fingerprint density at radius 2 is 2.29 bits per heavy atom. The van der Waals surface area contributed by atoms with Crippen LogP contribution in [0.25, 0.3) is 0 Å². The van der Waals surface area contributed by atoms with Gasteiger partial charge in [0.25, 0.3) is 0 Å². The number of carbonyl (C=O) groups excluding carboxylic acids is 1. The molecular formula is C13H19NO2S. The molecule has 0 bridgehead atoms. The van der Waals surface area contributed by atoms with Crippen LogP contribution < -0.4 is 0 Å². The molecule has 0 aliphatic carbocycles. The molecule has 3 nitrogen and oxygen atoms in total. The summed E-state index contributed by atoms with van der Waals surface area (Å²) in [5, 5.41) is 0. The number of hydrogen-bond donors (Lipinski definition) is 1. The molecule has 1 aromatic rings. The maximum atomic E-state index is 11.2. The summed E-state index contributed by atoms with van der Waals surface area (Å²) in [4.78, 5) is 15.5. The summed E-state index contributed by atoms with van der Waals surface area (Å²) < 4.78 is 4.40. The Morgan fingerprint density at radius 3 is 2.88 bits per heavy atom. The minimum absolute atomic E-state index is 0.237. The molecule has 1 rings (SSSR count). The normalized spacial score (nSPS) is 14.1. The first kappa shape index (κ1) is 14.0. The van der Waals surface area contributed by atoms with Gasteiger partial charge in [0.15, 0.2) is 0 Å². The summed E-state index contributed by atoms with van der Waals surface area (Å²) in [6.07, 6.45) is 3.99. The molecule has 0 aliphatic rings. The Hall–Kier alpha value is -1.03. The van der Waals surface area contributed by atoms with Gasteiger partial charge in [-0.15, -0.1) is 0 Å². The summed E-state index contributed by atoms with van der Waals surface area (Å²) in [5.41, 5.74) is 1.82. The number of esters is 1. The molecule has 0 saturated carbocycles. The average Bonchev–Trinajstić information content (AvgIpc) is 2.29. The molecule has 0 saturated heterocycles. The van der Waals surface area contributed by atoms with E-state index in [1.807, 2.05) is 19.1 Å². The van der Waals surface area contributed by atoms with E-state index in [0.717, 1.165) is 24.1 Å². The fourth-order valence-electron chi connectivity index (χ4n) is 1.73. The van der Waals surface area contributed by atoms with Crippen LogP contribution >= 0.6 is 12.6 Å². The van der Waals surface area contributed by atoms with E-state index in [2.05, 4.69) is 29.3 Å². The number of ether oxygens (including phenoxy) is 1. The quantitative estimate of drug-likeness (QED) is 0.648. The van der Waals surface area contributed by atoms with Crippen molar-refractivity contribution in [3.63, 3.8) is 0 Å². The lowest BCUT2D eigenvalue weighted by Crippen LogP contribution is -2.16. The monoisotopic (exact) mass is 253 g/mol. The van der Waals surface area contributed by atoms with Crippen LogP contribution in [0.2, 0.25) is 0 Å². The van der Waals surface area contributed by atoms with Gasteiger partial charge in [0.05, 0.1) is 24.0 Å². The van der Waals surface area contributed by atoms with Crippen LogP contribution in [0.3, 0.4) is 0 Å². The van der Waals surface area contributed by atoms with Crippen molar-refractivity contribution in [2.24, 2.45) is 0 Å². The Balaban J connectivity index is 2.89. The Labute approximate surface area is 108 Å². The lowest BCUT2D eigenvalue weighted by molar-refractivity contribution is -0.139. The van der Waals surface area contributed by atoms with Gasteiger partial charge < -0.3 is 4.74 Å². The third-order valence-corrected chi connectivity index (χ3v) is 3.14. The zero-order chi connectivity index (χ0) is 12.9. The Bertz CT molecular complexity index is 391. The fraction of sp³-hybridized carbons (Fsp3) is 0.538. The first-order valence-corrected chi connectivity index (χ1v) is 6.19. The standard InChI is InChI=1S/C13H19NO2S/c1-4-6-13(2,17)11-8-10(5-7-14-11)9-12(15)16-3/h5,7-8,17H,4,6,9H2,1-3H3. The van der Waals surface area contributed by atoms with Crippen molar-refractivity contribution in [3.8, 4) is 0 Å². The van der Waals surface area contributed by atoms with Crippen LogP contribution in [0.5, 0.6) is 0 Å². The average molecular weight is 253 g/mol. The van der Waals surface area contributed by atoms with E-state index in [9.17, 15) is 4.79 Å². The fourth-order valence-corrected chi connectivity index (χ4v) is 2.08. The minimum atomic E-state index is -0.249. The SMILES string of the molecule is CCCC(C)(S)c1cc(CC(=O)OC)ccn1. The molecule has 94 valence electrons. The number of methoxy groups -OCH3 is 1. The molecule has 1 atom stereocenters. The van der Waals surface area contributed by atoms with Gasteiger partial charge in [-0.05, 0) is 31.0 Å². The summed E-state index contributed by atoms with van der Waals surface area (Å²) in [5.74, 6) is -0.237. The lowest BCUT2D eigenvalue weighted by atomic mass is 9.98. The molecule has 0 radical (unpaired) electrons. The second kappa shape index (κ2) is 6.05. The van der Waals surface area contributed by atoms with Crippen LogP contribution in [-0.2, 0) is 20.7 Å². The minimum Gasteiger partial charge on any atom is -0.469 e. The van der Waals surface area contributed by atoms with E-state index in [1.54, 1.807) is 6.20 Å². The number of pyridine rings is 1. The van der Waals surface area contributed by atoms with Crippen molar-refractivity contribution >= 4 is 18.6 Å². The predicted octanol–water partition coefficient (Wildman–Crippen LogP) is 2.74. The highest BCUT2D eigenvalue weighted by molar-refractivity contribution is 7.81. The van der Waals surface area contributed by atoms with E-state index in [-0.39, 0.29) is 17.1 Å². The van der Waals surface area contributed by atoms with Gasteiger partial charge in [0.1, 0.15) is 0 Å². The van der Waals surface area contributed by atoms with Gasteiger partial charge in [-0.2, -0.15) is 12.6 Å². The zero-order valence-corrected chi connectivity index (χ0v) is 11.5. The van der Waals surface area contributed by atoms with Gasteiger partial charge >= 0.3 is 5.97 Å². The second-order valence-corrected chi connectivity index (χ2v) is 5.31. The largest absolute Gasteiger partial charge is 0.469 e. The number of rotatable bonds is 5. The van der Waals surface area contributed by atoms with Crippen LogP contribution in [0.4, 0.5) is 0 Å². The lowest BCUT2D eigenvalue weighted by Gasteiger charge is -2.22. The molecule has 0 amide bonds. The van der Waals surface area contributed by atoms with Crippen molar-refractivity contribution in [3.05, 3.63) is 29.6 Å². The topological polar surface area (TPSA) is 39.2 Å². The molecule has 0 aromatic carbocycles. The molecule has 0 spiro atoms. The van der Waals surface area contributed by atoms with Crippen molar-refractivity contribution in [1.82, 2.24) is 4.98 Å². The molecule has 0 N–H and O–H groups in total. The van der Waals surface area contributed by atoms with Crippen LogP contribution in [-0.4, -0.2) is 18.1 Å². The first-order chi connectivity index (χ1) is 7.99. The van der Waals surface area contributed by atoms with Gasteiger partial charge in [-0.1, -0.05) is 13.3 Å². The maximum Gasteiger partial charge on any atom is 0.309 e. The van der Waals surface area contributed by atoms with E-state index >= 15 is 0 Å². The number of carbonyl (C=O) groups is 1. The number of nitrogens with zero attached hydrogens (tertiary/aromatic N) is 1. The van der Waals surface area contributed by atoms with E-state index < -0.39 is 0 Å². The third-order valence-electron chi connectivity index (χ3n) is 2.69. The van der Waals surface area contributed by atoms with Crippen LogP contribution in [0.1, 0.15) is 37.9 Å². The number of thiol groups is 1. The molecule has 0 aliphatic heterocycles. The first-order valence-electron chi connectivity index (χ1n) is 5.74. The number of aromatic nitrogens is 1. The second-order valence-electron chi connectivity index (χ2n) is 4.33. The van der Waals surface area contributed by atoms with Gasteiger partial charge in [-0.25, -0.2) is 0 Å². The van der Waals surface area contributed by atoms with Crippen molar-refractivity contribution in [2.45, 2.75) is 37.9 Å². The highest BCUT2D eigenvalue weighted by Crippen LogP contribution is 2.31. The summed E-state index contributed by atoms with van der Waals surface area (Å²) >= 11 is 4.64. The zero-order valence-electron chi connectivity index (χ0n) is 10.6. The predicted molar refractivity (Wildman–Crippen MR) is 71.2 cm³/mol. The maximum absolute atomic E-state index is 11.2. The molecule has 0 fully saturated rings. The van der Waals surface area contributed by atoms with E-state index in [1.165, 1.54) is 7.11 Å². The smallest absolute Gasteiger partial charge is 0.309 e. The highest BCUT2D eigenvalue weighted by Gasteiger charge is 2.22. The van der Waals surface area contributed by atoms with E-state index in [4.69, 9.17) is 0 Å². The molecule has 17 heavy (non-hydrogen) atoms. The van der Waals surface area contributed by atoms with Crippen molar-refractivity contribution in [1.29, 1.82) is 0 Å². The van der Waals surface area contributed by atoms with Crippen molar-refractivity contribution < 1.29 is 9.53 Å². The molecule has 1 heterocycles. The van der Waals surface area contributed by atoms with Gasteiger partial charge in [0.2, 0.25) is 0 Å². The molecular weight excluding hydrogens is 234 g/mol. The third kappa shape index (κ3) is 4.04. The number of hydrogen-bond acceptors (Lipinski definition) is 4. The molecule has 1 aromatic heterocycles. The highest BCUT2D eigenvalue weighted by atomic mass is 32.1. The molecule has 4 heteroatoms. The Kier molecular flexibility index (Phi) is 5.00. The van der Waals surface area contributed by atoms with Crippen LogP contribution in [0.15, 0.2) is 18.3 Å². The van der Waals surface area contributed by atoms with Gasteiger partial charge in [0, 0.05) is 6.20 Å². The van der Waals surface area contributed by atoms with Crippen molar-refractivity contribution in [2.75, 3.05) is 7.11 Å². The van der Waals surface area contributed by atoms with Crippen LogP contribution in [0, 0.1) is 0 Å².